The van der Waals surface area contributed by atoms with Gasteiger partial charge in [0.2, 0.25) is 0 Å². The smallest absolute Gasteiger partial charge is 0.0701 e. The Labute approximate surface area is 150 Å². The van der Waals surface area contributed by atoms with E-state index in [-0.39, 0.29) is 0 Å². The molecular formula is C16H33ClO7. The average molecular weight is 373 g/mol. The van der Waals surface area contributed by atoms with Crippen molar-refractivity contribution in [2.24, 2.45) is 0 Å². The van der Waals surface area contributed by atoms with E-state index in [1.807, 2.05) is 6.92 Å². The van der Waals surface area contributed by atoms with Crippen LogP contribution in [0.2, 0.25) is 0 Å². The van der Waals surface area contributed by atoms with Gasteiger partial charge in [0.15, 0.2) is 0 Å². The van der Waals surface area contributed by atoms with Crippen LogP contribution in [0, 0.1) is 0 Å². The fourth-order valence-electron chi connectivity index (χ4n) is 1.52. The van der Waals surface area contributed by atoms with E-state index >= 15 is 0 Å². The summed E-state index contributed by atoms with van der Waals surface area (Å²) in [5.74, 6) is 0.510. The van der Waals surface area contributed by atoms with Gasteiger partial charge >= 0.3 is 0 Å². The first kappa shape index (κ1) is 24.0. The molecule has 7 nitrogen and oxygen atoms in total. The summed E-state index contributed by atoms with van der Waals surface area (Å²) >= 11 is 5.47. The van der Waals surface area contributed by atoms with Gasteiger partial charge in [-0.15, -0.1) is 11.6 Å². The van der Waals surface area contributed by atoms with Crippen LogP contribution < -0.4 is 0 Å². The summed E-state index contributed by atoms with van der Waals surface area (Å²) in [6.45, 7) is 10.1. The molecule has 0 radical (unpaired) electrons. The normalized spacial score (nSPS) is 11.2. The number of alkyl halides is 1. The van der Waals surface area contributed by atoms with Crippen LogP contribution in [0.5, 0.6) is 0 Å². The summed E-state index contributed by atoms with van der Waals surface area (Å²) in [7, 11) is 0. The van der Waals surface area contributed by atoms with Crippen molar-refractivity contribution < 1.29 is 33.2 Å². The van der Waals surface area contributed by atoms with Crippen LogP contribution in [0.4, 0.5) is 0 Å². The van der Waals surface area contributed by atoms with E-state index in [9.17, 15) is 0 Å². The van der Waals surface area contributed by atoms with Crippen LogP contribution in [0.25, 0.3) is 0 Å². The Hall–Kier alpha value is 0.01000. The van der Waals surface area contributed by atoms with Gasteiger partial charge in [-0.2, -0.15) is 0 Å². The molecule has 8 heteroatoms. The van der Waals surface area contributed by atoms with E-state index in [0.29, 0.717) is 91.8 Å². The minimum atomic E-state index is 0.510. The number of hydrogen-bond acceptors (Lipinski definition) is 7. The number of rotatable bonds is 21. The molecule has 0 aliphatic carbocycles. The van der Waals surface area contributed by atoms with Crippen molar-refractivity contribution in [2.45, 2.75) is 6.92 Å². The lowest BCUT2D eigenvalue weighted by atomic mass is 10.6. The van der Waals surface area contributed by atoms with Crippen molar-refractivity contribution in [2.75, 3.05) is 98.4 Å². The molecule has 0 aromatic carbocycles. The molecule has 0 unspecified atom stereocenters. The second kappa shape index (κ2) is 23.0. The Kier molecular flexibility index (Phi) is 23.0. The quantitative estimate of drug-likeness (QED) is 0.223. The highest BCUT2D eigenvalue weighted by atomic mass is 35.5. The zero-order valence-electron chi connectivity index (χ0n) is 14.8. The third-order valence-corrected chi connectivity index (χ3v) is 2.81. The third kappa shape index (κ3) is 22.0. The predicted molar refractivity (Wildman–Crippen MR) is 92.1 cm³/mol. The third-order valence-electron chi connectivity index (χ3n) is 2.66. The Balaban J connectivity index is 2.93. The molecule has 0 atom stereocenters. The first-order chi connectivity index (χ1) is 11.9. The Morgan fingerprint density at radius 1 is 0.417 bits per heavy atom. The van der Waals surface area contributed by atoms with Crippen molar-refractivity contribution in [1.82, 2.24) is 0 Å². The Bertz CT molecular complexity index is 201. The molecule has 0 aromatic heterocycles. The van der Waals surface area contributed by atoms with Crippen LogP contribution in [0.1, 0.15) is 6.92 Å². The first-order valence-electron chi connectivity index (χ1n) is 8.52. The van der Waals surface area contributed by atoms with Crippen LogP contribution in [0.3, 0.4) is 0 Å². The maximum atomic E-state index is 5.47. The minimum absolute atomic E-state index is 0.510. The molecule has 0 rings (SSSR count). The number of halogens is 1. The van der Waals surface area contributed by atoms with E-state index in [2.05, 4.69) is 0 Å². The molecule has 0 saturated carbocycles. The second-order valence-corrected chi connectivity index (χ2v) is 4.94. The van der Waals surface area contributed by atoms with Crippen molar-refractivity contribution in [3.63, 3.8) is 0 Å². The van der Waals surface area contributed by atoms with Crippen molar-refractivity contribution in [1.29, 1.82) is 0 Å². The molecule has 0 aliphatic rings. The van der Waals surface area contributed by atoms with E-state index in [1.165, 1.54) is 0 Å². The molecule has 24 heavy (non-hydrogen) atoms. The number of ether oxygens (including phenoxy) is 7. The molecule has 0 saturated heterocycles. The largest absolute Gasteiger partial charge is 0.379 e. The molecule has 146 valence electrons. The maximum Gasteiger partial charge on any atom is 0.0701 e. The maximum absolute atomic E-state index is 5.47. The topological polar surface area (TPSA) is 64.6 Å². The average Bonchev–Trinajstić information content (AvgIpc) is 2.60. The van der Waals surface area contributed by atoms with Crippen LogP contribution >= 0.6 is 11.6 Å². The highest BCUT2D eigenvalue weighted by Gasteiger charge is 1.94. The number of hydrogen-bond donors (Lipinski definition) is 0. The molecule has 0 bridgehead atoms. The minimum Gasteiger partial charge on any atom is -0.379 e. The SMILES string of the molecule is CCOCCOCCOCCOCCOCCOCCOCCCl. The summed E-state index contributed by atoms with van der Waals surface area (Å²) in [6, 6.07) is 0. The zero-order valence-corrected chi connectivity index (χ0v) is 15.6. The summed E-state index contributed by atoms with van der Waals surface area (Å²) < 4.78 is 37.1. The van der Waals surface area contributed by atoms with Gasteiger partial charge in [0, 0.05) is 12.5 Å². The van der Waals surface area contributed by atoms with E-state index < -0.39 is 0 Å². The lowest BCUT2D eigenvalue weighted by Gasteiger charge is -2.08. The second-order valence-electron chi connectivity index (χ2n) is 4.56. The Morgan fingerprint density at radius 3 is 0.917 bits per heavy atom. The molecule has 0 aliphatic heterocycles. The van der Waals surface area contributed by atoms with Crippen LogP contribution in [-0.4, -0.2) is 98.4 Å². The van der Waals surface area contributed by atoms with Gasteiger partial charge in [-0.25, -0.2) is 0 Å². The molecule has 0 spiro atoms. The van der Waals surface area contributed by atoms with Crippen LogP contribution in [-0.2, 0) is 33.2 Å². The van der Waals surface area contributed by atoms with Gasteiger partial charge in [0.1, 0.15) is 0 Å². The fourth-order valence-corrected chi connectivity index (χ4v) is 1.63. The van der Waals surface area contributed by atoms with Crippen molar-refractivity contribution in [3.8, 4) is 0 Å². The van der Waals surface area contributed by atoms with Gasteiger partial charge in [-0.05, 0) is 6.92 Å². The van der Waals surface area contributed by atoms with E-state index in [4.69, 9.17) is 44.8 Å². The standard InChI is InChI=1S/C16H33ClO7/c1-2-18-5-6-20-9-10-22-13-14-24-16-15-23-12-11-21-8-7-19-4-3-17/h2-16H2,1H3. The molecule has 0 fully saturated rings. The fraction of sp³-hybridized carbons (Fsp3) is 1.00. The molecule has 0 heterocycles. The zero-order chi connectivity index (χ0) is 17.6. The van der Waals surface area contributed by atoms with Gasteiger partial charge < -0.3 is 33.2 Å². The summed E-state index contributed by atoms with van der Waals surface area (Å²) in [5.41, 5.74) is 0. The molecular weight excluding hydrogens is 340 g/mol. The van der Waals surface area contributed by atoms with E-state index in [0.717, 1.165) is 6.61 Å². The van der Waals surface area contributed by atoms with Gasteiger partial charge in [0.25, 0.3) is 0 Å². The van der Waals surface area contributed by atoms with Crippen molar-refractivity contribution >= 4 is 11.6 Å². The first-order valence-corrected chi connectivity index (χ1v) is 9.05. The molecule has 0 amide bonds. The highest BCUT2D eigenvalue weighted by Crippen LogP contribution is 1.85. The summed E-state index contributed by atoms with van der Waals surface area (Å²) in [4.78, 5) is 0. The monoisotopic (exact) mass is 372 g/mol. The Morgan fingerprint density at radius 2 is 0.667 bits per heavy atom. The summed E-state index contributed by atoms with van der Waals surface area (Å²) in [5, 5.41) is 0. The lowest BCUT2D eigenvalue weighted by molar-refractivity contribution is -0.0197. The van der Waals surface area contributed by atoms with Crippen molar-refractivity contribution in [3.05, 3.63) is 0 Å². The highest BCUT2D eigenvalue weighted by molar-refractivity contribution is 6.17. The van der Waals surface area contributed by atoms with E-state index in [1.54, 1.807) is 0 Å². The van der Waals surface area contributed by atoms with Gasteiger partial charge in [-0.3, -0.25) is 0 Å². The lowest BCUT2D eigenvalue weighted by Crippen LogP contribution is -2.14. The molecule has 0 N–H and O–H groups in total. The molecule has 0 aromatic rings. The van der Waals surface area contributed by atoms with Crippen LogP contribution in [0.15, 0.2) is 0 Å². The van der Waals surface area contributed by atoms with Gasteiger partial charge in [0.05, 0.1) is 85.9 Å². The predicted octanol–water partition coefficient (Wildman–Crippen LogP) is 1.36. The summed E-state index contributed by atoms with van der Waals surface area (Å²) in [6.07, 6.45) is 0. The van der Waals surface area contributed by atoms with Gasteiger partial charge in [-0.1, -0.05) is 0 Å².